The molecule has 0 aromatic heterocycles. The van der Waals surface area contributed by atoms with E-state index in [0.717, 1.165) is 12.7 Å². The molecule has 0 bridgehead atoms. The Morgan fingerprint density at radius 2 is 1.08 bits per heavy atom. The molecule has 0 aliphatic rings. The van der Waals surface area contributed by atoms with Crippen LogP contribution in [0.25, 0.3) is 0 Å². The van der Waals surface area contributed by atoms with Crippen LogP contribution in [0.4, 0.5) is 0 Å². The molecule has 0 radical (unpaired) electrons. The van der Waals surface area contributed by atoms with Gasteiger partial charge in [0.25, 0.3) is 0 Å². The average Bonchev–Trinajstić information content (AvgIpc) is 2.74. The molecule has 0 amide bonds. The van der Waals surface area contributed by atoms with Crippen molar-refractivity contribution in [2.75, 3.05) is 26.8 Å². The van der Waals surface area contributed by atoms with E-state index in [0.29, 0.717) is 0 Å². The first-order valence-electron chi connectivity index (χ1n) is 8.88. The molecule has 0 aliphatic carbocycles. The van der Waals surface area contributed by atoms with Crippen molar-refractivity contribution < 1.29 is 0 Å². The molecule has 2 nitrogen and oxygen atoms in total. The molecule has 0 saturated heterocycles. The molecule has 0 heterocycles. The molecule has 136 valence electrons. The van der Waals surface area contributed by atoms with E-state index in [4.69, 9.17) is 11.2 Å². The number of benzene rings is 3. The number of hydrazine groups is 1. The van der Waals surface area contributed by atoms with Gasteiger partial charge in [-0.25, -0.2) is 0 Å². The number of hydrogen-bond donors (Lipinski definition) is 1. The van der Waals surface area contributed by atoms with Crippen LogP contribution < -0.4 is 21.3 Å². The molecule has 3 aromatic rings. The summed E-state index contributed by atoms with van der Waals surface area (Å²) in [6, 6.07) is 31.8. The van der Waals surface area contributed by atoms with Gasteiger partial charge in [-0.05, 0) is 0 Å². The quantitative estimate of drug-likeness (QED) is 0.493. The van der Waals surface area contributed by atoms with E-state index in [9.17, 15) is 0 Å². The summed E-state index contributed by atoms with van der Waals surface area (Å²) in [6.07, 6.45) is 0.850. The first-order chi connectivity index (χ1) is 12.6. The van der Waals surface area contributed by atoms with E-state index in [2.05, 4.69) is 108 Å². The Hall–Kier alpha value is -1.70. The topological polar surface area (TPSA) is 15.3 Å². The van der Waals surface area contributed by atoms with E-state index in [1.54, 1.807) is 0 Å². The Balaban J connectivity index is 2.31. The summed E-state index contributed by atoms with van der Waals surface area (Å²) < 4.78 is 0. The molecule has 0 saturated carbocycles. The summed E-state index contributed by atoms with van der Waals surface area (Å²) in [5.41, 5.74) is 3.20. The van der Waals surface area contributed by atoms with Crippen LogP contribution in [0.3, 0.4) is 0 Å². The van der Waals surface area contributed by atoms with Crippen LogP contribution >= 0.6 is 17.2 Å². The third-order valence-corrected chi connectivity index (χ3v) is 12.5. The van der Waals surface area contributed by atoms with Gasteiger partial charge in [0.2, 0.25) is 0 Å². The van der Waals surface area contributed by atoms with Gasteiger partial charge in [0.15, 0.2) is 0 Å². The van der Waals surface area contributed by atoms with Crippen molar-refractivity contribution in [1.29, 1.82) is 0 Å². The normalized spacial score (nSPS) is 13.3. The van der Waals surface area contributed by atoms with Gasteiger partial charge in [-0.1, -0.05) is 0 Å². The molecule has 3 aromatic carbocycles. The van der Waals surface area contributed by atoms with Gasteiger partial charge in [0.05, 0.1) is 0 Å². The van der Waals surface area contributed by atoms with Crippen LogP contribution in [0, 0.1) is 0 Å². The third-order valence-electron chi connectivity index (χ3n) is 5.12. The van der Waals surface area contributed by atoms with Crippen LogP contribution in [0.1, 0.15) is 0 Å². The molecule has 0 unspecified atom stereocenters. The Kier molecular flexibility index (Phi) is 5.79. The second-order valence-electron chi connectivity index (χ2n) is 6.56. The molecule has 0 spiro atoms. The molecule has 0 atom stereocenters. The van der Waals surface area contributed by atoms with Crippen LogP contribution in [0.5, 0.6) is 0 Å². The minimum absolute atomic E-state index is 0.844. The van der Waals surface area contributed by atoms with Crippen molar-refractivity contribution in [2.45, 2.75) is 0 Å². The molecule has 4 heteroatoms. The van der Waals surface area contributed by atoms with E-state index in [1.165, 1.54) is 15.9 Å². The zero-order valence-electron chi connectivity index (χ0n) is 15.3. The van der Waals surface area contributed by atoms with Crippen molar-refractivity contribution in [3.63, 3.8) is 0 Å². The Labute approximate surface area is 161 Å². The summed E-state index contributed by atoms with van der Waals surface area (Å²) in [4.78, 5) is 0. The summed E-state index contributed by atoms with van der Waals surface area (Å²) in [5.74, 6) is -3.12. The average molecular weight is 385 g/mol. The standard InChI is InChI=1S/C22H26ClN2P/c1-24-25(2)18-19-26(23,20-12-6-3-7-13-20,21-14-8-4-9-15-21)22-16-10-5-11-17-22/h3-17,24H,18-19H2,1-2H3. The Bertz CT molecular complexity index is 725. The number of rotatable bonds is 7. The van der Waals surface area contributed by atoms with E-state index in [-0.39, 0.29) is 0 Å². The summed E-state index contributed by atoms with van der Waals surface area (Å²) in [6.45, 7) is 0.844. The maximum atomic E-state index is 7.95. The zero-order valence-corrected chi connectivity index (χ0v) is 17.0. The van der Waals surface area contributed by atoms with Crippen molar-refractivity contribution >= 4 is 33.1 Å². The number of halogens is 1. The van der Waals surface area contributed by atoms with Crippen LogP contribution in [-0.2, 0) is 0 Å². The van der Waals surface area contributed by atoms with E-state index >= 15 is 0 Å². The van der Waals surface area contributed by atoms with E-state index in [1.807, 2.05) is 7.05 Å². The predicted octanol–water partition coefficient (Wildman–Crippen LogP) is 3.74. The molecule has 1 N–H and O–H groups in total. The fourth-order valence-corrected chi connectivity index (χ4v) is 9.47. The van der Waals surface area contributed by atoms with E-state index < -0.39 is 5.96 Å². The first-order valence-corrected chi connectivity index (χ1v) is 12.2. The van der Waals surface area contributed by atoms with Crippen molar-refractivity contribution in [3.8, 4) is 0 Å². The van der Waals surface area contributed by atoms with Gasteiger partial charge in [-0.15, -0.1) is 0 Å². The molecule has 3 rings (SSSR count). The van der Waals surface area contributed by atoms with Gasteiger partial charge in [0, 0.05) is 0 Å². The fourth-order valence-electron chi connectivity index (χ4n) is 3.50. The van der Waals surface area contributed by atoms with Crippen molar-refractivity contribution in [1.82, 2.24) is 10.4 Å². The zero-order chi connectivity index (χ0) is 18.5. The third kappa shape index (κ3) is 3.31. The summed E-state index contributed by atoms with van der Waals surface area (Å²) in [5, 5.41) is 5.73. The van der Waals surface area contributed by atoms with Crippen LogP contribution in [0.15, 0.2) is 91.0 Å². The maximum absolute atomic E-state index is 7.95. The second-order valence-corrected chi connectivity index (χ2v) is 13.2. The monoisotopic (exact) mass is 384 g/mol. The first kappa shape index (κ1) is 19.1. The minimum atomic E-state index is -3.12. The van der Waals surface area contributed by atoms with Crippen LogP contribution in [-0.4, -0.2) is 31.8 Å². The van der Waals surface area contributed by atoms with Crippen molar-refractivity contribution in [2.24, 2.45) is 0 Å². The molecule has 26 heavy (non-hydrogen) atoms. The second kappa shape index (κ2) is 7.90. The number of nitrogens with zero attached hydrogens (tertiary/aromatic N) is 1. The molecule has 0 aliphatic heterocycles. The SMILES string of the molecule is CNN(C)CCP(Cl)(c1ccccc1)(c1ccccc1)c1ccccc1. The molecular formula is C22H26ClN2P. The van der Waals surface area contributed by atoms with Crippen molar-refractivity contribution in [3.05, 3.63) is 91.0 Å². The van der Waals surface area contributed by atoms with Gasteiger partial charge in [-0.2, -0.15) is 0 Å². The number of nitrogens with one attached hydrogen (secondary N) is 1. The van der Waals surface area contributed by atoms with Gasteiger partial charge >= 0.3 is 161 Å². The van der Waals surface area contributed by atoms with Crippen LogP contribution in [0.2, 0.25) is 0 Å². The fraction of sp³-hybridized carbons (Fsp3) is 0.182. The molecule has 0 fully saturated rings. The van der Waals surface area contributed by atoms with Gasteiger partial charge in [0.1, 0.15) is 0 Å². The van der Waals surface area contributed by atoms with Gasteiger partial charge < -0.3 is 0 Å². The van der Waals surface area contributed by atoms with Gasteiger partial charge in [-0.3, -0.25) is 0 Å². The predicted molar refractivity (Wildman–Crippen MR) is 118 cm³/mol. The summed E-state index contributed by atoms with van der Waals surface area (Å²) in [7, 11) is 4.00. The Morgan fingerprint density at radius 3 is 1.38 bits per heavy atom. The Morgan fingerprint density at radius 1 is 0.731 bits per heavy atom. The summed E-state index contributed by atoms with van der Waals surface area (Å²) >= 11 is 7.95. The number of hydrogen-bond acceptors (Lipinski definition) is 2. The molecular weight excluding hydrogens is 359 g/mol.